The number of allylic oxidation sites excluding steroid dienone is 5. The minimum atomic E-state index is 0.906. The lowest BCUT2D eigenvalue weighted by atomic mass is 10.3. The van der Waals surface area contributed by atoms with Gasteiger partial charge in [0.1, 0.15) is 0 Å². The van der Waals surface area contributed by atoms with Crippen LogP contribution in [0.15, 0.2) is 36.1 Å². The van der Waals surface area contributed by atoms with Crippen molar-refractivity contribution in [2.24, 2.45) is 0 Å². The normalized spacial score (nSPS) is 14.3. The fourth-order valence-corrected chi connectivity index (χ4v) is 0.709. The molecule has 11 heavy (non-hydrogen) atoms. The second-order valence-corrected chi connectivity index (χ2v) is 1.85. The van der Waals surface area contributed by atoms with Gasteiger partial charge in [0, 0.05) is 6.42 Å². The number of hydrogen-bond donors (Lipinski definition) is 0. The Morgan fingerprint density at radius 3 is 2.55 bits per heavy atom. The summed E-state index contributed by atoms with van der Waals surface area (Å²) in [4.78, 5) is 0. The van der Waals surface area contributed by atoms with Crippen molar-refractivity contribution < 1.29 is 4.74 Å². The Morgan fingerprint density at radius 1 is 1.18 bits per heavy atom. The first-order valence-electron chi connectivity index (χ1n) is 4.00. The van der Waals surface area contributed by atoms with Gasteiger partial charge in [0.05, 0.1) is 12.9 Å². The molecule has 1 rings (SSSR count). The first-order valence-corrected chi connectivity index (χ1v) is 4.00. The molecule has 0 aromatic carbocycles. The van der Waals surface area contributed by atoms with E-state index in [2.05, 4.69) is 6.08 Å². The lowest BCUT2D eigenvalue weighted by molar-refractivity contribution is 0.285. The molecular weight excluding hydrogens is 136 g/mol. The highest BCUT2D eigenvalue weighted by Crippen LogP contribution is 2.05. The van der Waals surface area contributed by atoms with Gasteiger partial charge in [0.2, 0.25) is 0 Å². The van der Waals surface area contributed by atoms with Crippen LogP contribution in [0.2, 0.25) is 0 Å². The molecule has 0 aromatic rings. The number of ether oxygens (including phenoxy) is 1. The SMILES string of the molecule is CC.COC1=CC=CC=CC1. The van der Waals surface area contributed by atoms with E-state index >= 15 is 0 Å². The van der Waals surface area contributed by atoms with Crippen LogP contribution in [-0.4, -0.2) is 7.11 Å². The topological polar surface area (TPSA) is 9.23 Å². The summed E-state index contributed by atoms with van der Waals surface area (Å²) < 4.78 is 5.03. The van der Waals surface area contributed by atoms with Crippen LogP contribution in [0.1, 0.15) is 20.3 Å². The third-order valence-electron chi connectivity index (χ3n) is 1.22. The van der Waals surface area contributed by atoms with Gasteiger partial charge in [0.15, 0.2) is 0 Å². The van der Waals surface area contributed by atoms with E-state index < -0.39 is 0 Å². The smallest absolute Gasteiger partial charge is 0.0993 e. The molecule has 0 radical (unpaired) electrons. The molecule has 0 saturated heterocycles. The van der Waals surface area contributed by atoms with Crippen LogP contribution in [0.5, 0.6) is 0 Å². The van der Waals surface area contributed by atoms with E-state index in [0.29, 0.717) is 0 Å². The van der Waals surface area contributed by atoms with Gasteiger partial charge in [-0.05, 0) is 6.08 Å². The summed E-state index contributed by atoms with van der Waals surface area (Å²) in [6.07, 6.45) is 10.9. The van der Waals surface area contributed by atoms with Crippen molar-refractivity contribution in [1.29, 1.82) is 0 Å². The molecule has 0 amide bonds. The number of methoxy groups -OCH3 is 1. The average Bonchev–Trinajstić information content (AvgIpc) is 2.35. The van der Waals surface area contributed by atoms with Crippen LogP contribution in [0.4, 0.5) is 0 Å². The molecule has 0 bridgehead atoms. The van der Waals surface area contributed by atoms with Gasteiger partial charge in [-0.15, -0.1) is 0 Å². The van der Waals surface area contributed by atoms with E-state index in [1.54, 1.807) is 7.11 Å². The summed E-state index contributed by atoms with van der Waals surface area (Å²) in [5, 5.41) is 0. The summed E-state index contributed by atoms with van der Waals surface area (Å²) in [6, 6.07) is 0. The van der Waals surface area contributed by atoms with E-state index in [0.717, 1.165) is 12.2 Å². The molecule has 0 heterocycles. The van der Waals surface area contributed by atoms with Gasteiger partial charge in [-0.3, -0.25) is 0 Å². The summed E-state index contributed by atoms with van der Waals surface area (Å²) in [6.45, 7) is 4.00. The lowest BCUT2D eigenvalue weighted by Crippen LogP contribution is -1.81. The molecule has 1 aliphatic carbocycles. The average molecular weight is 152 g/mol. The van der Waals surface area contributed by atoms with Crippen molar-refractivity contribution in [1.82, 2.24) is 0 Å². The maximum Gasteiger partial charge on any atom is 0.0993 e. The Hall–Kier alpha value is -0.980. The van der Waals surface area contributed by atoms with Gasteiger partial charge < -0.3 is 4.74 Å². The molecule has 0 saturated carbocycles. The summed E-state index contributed by atoms with van der Waals surface area (Å²) in [5.74, 6) is 1.01. The van der Waals surface area contributed by atoms with Crippen molar-refractivity contribution in [3.8, 4) is 0 Å². The molecule has 1 heteroatoms. The molecule has 0 atom stereocenters. The van der Waals surface area contributed by atoms with E-state index in [-0.39, 0.29) is 0 Å². The van der Waals surface area contributed by atoms with Crippen molar-refractivity contribution in [2.45, 2.75) is 20.3 Å². The van der Waals surface area contributed by atoms with Gasteiger partial charge in [-0.1, -0.05) is 38.2 Å². The third-order valence-corrected chi connectivity index (χ3v) is 1.22. The molecule has 0 aliphatic heterocycles. The lowest BCUT2D eigenvalue weighted by Gasteiger charge is -1.98. The number of rotatable bonds is 1. The Labute approximate surface area is 69.1 Å². The number of hydrogen-bond acceptors (Lipinski definition) is 1. The highest BCUT2D eigenvalue weighted by atomic mass is 16.5. The van der Waals surface area contributed by atoms with Crippen LogP contribution >= 0.6 is 0 Å². The fraction of sp³-hybridized carbons (Fsp3) is 0.400. The maximum atomic E-state index is 5.03. The van der Waals surface area contributed by atoms with Crippen LogP contribution in [0, 0.1) is 0 Å². The zero-order valence-corrected chi connectivity index (χ0v) is 7.50. The molecule has 0 N–H and O–H groups in total. The van der Waals surface area contributed by atoms with Crippen LogP contribution < -0.4 is 0 Å². The molecular formula is C10H16O. The van der Waals surface area contributed by atoms with Crippen molar-refractivity contribution in [3.63, 3.8) is 0 Å². The second-order valence-electron chi connectivity index (χ2n) is 1.85. The van der Waals surface area contributed by atoms with Gasteiger partial charge in [-0.25, -0.2) is 0 Å². The van der Waals surface area contributed by atoms with E-state index in [9.17, 15) is 0 Å². The summed E-state index contributed by atoms with van der Waals surface area (Å²) >= 11 is 0. The molecule has 1 nitrogen and oxygen atoms in total. The van der Waals surface area contributed by atoms with Crippen LogP contribution in [0.3, 0.4) is 0 Å². The molecule has 0 fully saturated rings. The standard InChI is InChI=1S/C8H10O.C2H6/c1-9-8-6-4-2-3-5-7-8;1-2/h2-6H,7H2,1H3;1-2H3. The van der Waals surface area contributed by atoms with Crippen LogP contribution in [0.25, 0.3) is 0 Å². The fourth-order valence-electron chi connectivity index (χ4n) is 0.709. The summed E-state index contributed by atoms with van der Waals surface area (Å²) in [5.41, 5.74) is 0. The zero-order chi connectivity index (χ0) is 8.53. The first-order chi connectivity index (χ1) is 5.43. The Morgan fingerprint density at radius 2 is 1.91 bits per heavy atom. The summed E-state index contributed by atoms with van der Waals surface area (Å²) in [7, 11) is 1.69. The maximum absolute atomic E-state index is 5.03. The quantitative estimate of drug-likeness (QED) is 0.561. The van der Waals surface area contributed by atoms with Crippen molar-refractivity contribution >= 4 is 0 Å². The van der Waals surface area contributed by atoms with Gasteiger partial charge >= 0.3 is 0 Å². The minimum absolute atomic E-state index is 0.906. The second kappa shape index (κ2) is 7.13. The van der Waals surface area contributed by atoms with Gasteiger partial charge in [0.25, 0.3) is 0 Å². The van der Waals surface area contributed by atoms with Crippen molar-refractivity contribution in [2.75, 3.05) is 7.11 Å². The van der Waals surface area contributed by atoms with Crippen molar-refractivity contribution in [3.05, 3.63) is 36.1 Å². The third kappa shape index (κ3) is 4.43. The molecule has 1 aliphatic rings. The molecule has 0 aromatic heterocycles. The zero-order valence-electron chi connectivity index (χ0n) is 7.50. The first kappa shape index (κ1) is 10.0. The predicted octanol–water partition coefficient (Wildman–Crippen LogP) is 3.06. The highest BCUT2D eigenvalue weighted by molar-refractivity contribution is 5.19. The highest BCUT2D eigenvalue weighted by Gasteiger charge is 1.90. The Bertz CT molecular complexity index is 164. The monoisotopic (exact) mass is 152 g/mol. The molecule has 0 unspecified atom stereocenters. The van der Waals surface area contributed by atoms with E-state index in [1.165, 1.54) is 0 Å². The van der Waals surface area contributed by atoms with E-state index in [1.807, 2.05) is 38.2 Å². The predicted molar refractivity (Wildman–Crippen MR) is 49.3 cm³/mol. The largest absolute Gasteiger partial charge is 0.501 e. The van der Waals surface area contributed by atoms with Gasteiger partial charge in [-0.2, -0.15) is 0 Å². The Balaban J connectivity index is 0.000000461. The molecule has 62 valence electrons. The molecule has 0 spiro atoms. The van der Waals surface area contributed by atoms with Crippen LogP contribution in [-0.2, 0) is 4.74 Å². The Kier molecular flexibility index (Phi) is 6.50. The minimum Gasteiger partial charge on any atom is -0.501 e. The van der Waals surface area contributed by atoms with E-state index in [4.69, 9.17) is 4.74 Å².